The first-order valence-electron chi connectivity index (χ1n) is 7.87. The molecule has 0 bridgehead atoms. The molecule has 2 amide bonds. The van der Waals surface area contributed by atoms with Gasteiger partial charge in [0.15, 0.2) is 0 Å². The van der Waals surface area contributed by atoms with Crippen molar-refractivity contribution in [3.05, 3.63) is 57.5 Å². The van der Waals surface area contributed by atoms with E-state index in [-0.39, 0.29) is 12.1 Å². The van der Waals surface area contributed by atoms with Crippen LogP contribution in [0, 0.1) is 13.8 Å². The van der Waals surface area contributed by atoms with Crippen molar-refractivity contribution >= 4 is 17.5 Å². The van der Waals surface area contributed by atoms with Gasteiger partial charge in [0.2, 0.25) is 5.91 Å². The highest BCUT2D eigenvalue weighted by molar-refractivity contribution is 5.94. The highest BCUT2D eigenvalue weighted by Gasteiger charge is 2.17. The van der Waals surface area contributed by atoms with Gasteiger partial charge in [-0.25, -0.2) is 0 Å². The average molecular weight is 343 g/mol. The summed E-state index contributed by atoms with van der Waals surface area (Å²) in [6, 6.07) is 8.68. The number of primary amides is 1. The molecule has 0 radical (unpaired) electrons. The van der Waals surface area contributed by atoms with Crippen LogP contribution in [0.15, 0.2) is 35.1 Å². The van der Waals surface area contributed by atoms with Crippen molar-refractivity contribution in [3.63, 3.8) is 0 Å². The lowest BCUT2D eigenvalue weighted by Crippen LogP contribution is -2.35. The second-order valence-corrected chi connectivity index (χ2v) is 5.58. The van der Waals surface area contributed by atoms with E-state index < -0.39 is 17.4 Å². The fourth-order valence-electron chi connectivity index (χ4n) is 2.61. The van der Waals surface area contributed by atoms with E-state index >= 15 is 0 Å². The number of nitrogens with zero attached hydrogens (tertiary/aromatic N) is 1. The van der Waals surface area contributed by atoms with Gasteiger partial charge in [-0.15, -0.1) is 0 Å². The van der Waals surface area contributed by atoms with Gasteiger partial charge in [-0.1, -0.05) is 12.1 Å². The maximum Gasteiger partial charge on any atom is 0.264 e. The lowest BCUT2D eigenvalue weighted by atomic mass is 10.1. The molecule has 1 heterocycles. The molecule has 0 spiro atoms. The molecule has 0 saturated carbocycles. The summed E-state index contributed by atoms with van der Waals surface area (Å²) >= 11 is 0. The lowest BCUT2D eigenvalue weighted by Gasteiger charge is -2.14. The van der Waals surface area contributed by atoms with E-state index in [1.807, 2.05) is 6.92 Å². The zero-order chi connectivity index (χ0) is 18.6. The van der Waals surface area contributed by atoms with Gasteiger partial charge >= 0.3 is 0 Å². The monoisotopic (exact) mass is 343 g/mol. The Morgan fingerprint density at radius 1 is 1.24 bits per heavy atom. The van der Waals surface area contributed by atoms with Crippen molar-refractivity contribution in [2.24, 2.45) is 5.73 Å². The number of amides is 2. The van der Waals surface area contributed by atoms with Crippen LogP contribution in [-0.4, -0.2) is 23.0 Å². The van der Waals surface area contributed by atoms with Crippen molar-refractivity contribution in [2.45, 2.75) is 27.3 Å². The van der Waals surface area contributed by atoms with E-state index in [1.165, 1.54) is 4.57 Å². The fraction of sp³-hybridized carbons (Fsp3) is 0.278. The summed E-state index contributed by atoms with van der Waals surface area (Å²) in [6.45, 7) is 5.41. The van der Waals surface area contributed by atoms with Gasteiger partial charge in [0.25, 0.3) is 11.5 Å². The minimum atomic E-state index is -0.807. The molecule has 7 nitrogen and oxygen atoms in total. The van der Waals surface area contributed by atoms with E-state index in [4.69, 9.17) is 10.5 Å². The summed E-state index contributed by atoms with van der Waals surface area (Å²) in [5, 5.41) is 2.72. The van der Waals surface area contributed by atoms with Gasteiger partial charge in [0.1, 0.15) is 17.9 Å². The molecule has 1 aromatic carbocycles. The number of carbonyl (C=O) groups excluding carboxylic acids is 2. The molecule has 132 valence electrons. The number of aromatic nitrogens is 1. The topological polar surface area (TPSA) is 103 Å². The maximum absolute atomic E-state index is 12.5. The Kier molecular flexibility index (Phi) is 5.59. The Morgan fingerprint density at radius 3 is 2.56 bits per heavy atom. The smallest absolute Gasteiger partial charge is 0.264 e. The van der Waals surface area contributed by atoms with Gasteiger partial charge in [0, 0.05) is 5.69 Å². The molecule has 0 aliphatic rings. The normalized spacial score (nSPS) is 10.4. The molecule has 0 fully saturated rings. The predicted molar refractivity (Wildman–Crippen MR) is 94.9 cm³/mol. The number of hydrogen-bond donors (Lipinski definition) is 2. The van der Waals surface area contributed by atoms with Gasteiger partial charge in [-0.2, -0.15) is 0 Å². The van der Waals surface area contributed by atoms with Crippen LogP contribution in [0.4, 0.5) is 5.69 Å². The Labute approximate surface area is 145 Å². The van der Waals surface area contributed by atoms with Crippen LogP contribution in [-0.2, 0) is 11.3 Å². The summed E-state index contributed by atoms with van der Waals surface area (Å²) < 4.78 is 6.69. The molecular formula is C18H21N3O4. The quantitative estimate of drug-likeness (QED) is 0.831. The first kappa shape index (κ1) is 18.3. The summed E-state index contributed by atoms with van der Waals surface area (Å²) in [6.07, 6.45) is 0. The number of nitrogens with one attached hydrogen (secondary N) is 1. The molecule has 0 aliphatic carbocycles. The van der Waals surface area contributed by atoms with E-state index in [0.717, 1.165) is 0 Å². The average Bonchev–Trinajstić information content (AvgIpc) is 2.53. The summed E-state index contributed by atoms with van der Waals surface area (Å²) in [7, 11) is 0. The summed E-state index contributed by atoms with van der Waals surface area (Å²) in [4.78, 5) is 36.3. The zero-order valence-corrected chi connectivity index (χ0v) is 14.5. The molecule has 1 aromatic heterocycles. The number of carbonyl (C=O) groups is 2. The molecule has 2 rings (SSSR count). The van der Waals surface area contributed by atoms with Crippen molar-refractivity contribution < 1.29 is 14.3 Å². The van der Waals surface area contributed by atoms with Crippen LogP contribution in [0.5, 0.6) is 5.75 Å². The first-order valence-corrected chi connectivity index (χ1v) is 7.87. The summed E-state index contributed by atoms with van der Waals surface area (Å²) in [5.74, 6) is -0.667. The van der Waals surface area contributed by atoms with Gasteiger partial charge in [0.05, 0.1) is 12.3 Å². The number of para-hydroxylation sites is 2. The van der Waals surface area contributed by atoms with E-state index in [0.29, 0.717) is 29.3 Å². The van der Waals surface area contributed by atoms with Gasteiger partial charge in [-0.3, -0.25) is 14.4 Å². The number of ether oxygens (including phenoxy) is 1. The minimum Gasteiger partial charge on any atom is -0.492 e. The third kappa shape index (κ3) is 4.06. The fourth-order valence-corrected chi connectivity index (χ4v) is 2.61. The minimum absolute atomic E-state index is 0.104. The van der Waals surface area contributed by atoms with Crippen LogP contribution in [0.3, 0.4) is 0 Å². The molecule has 0 atom stereocenters. The largest absolute Gasteiger partial charge is 0.492 e. The Morgan fingerprint density at radius 2 is 1.92 bits per heavy atom. The number of benzene rings is 1. The van der Waals surface area contributed by atoms with Crippen LogP contribution in [0.2, 0.25) is 0 Å². The Bertz CT molecular complexity index is 871. The Balaban J connectivity index is 2.29. The van der Waals surface area contributed by atoms with Crippen molar-refractivity contribution in [3.8, 4) is 5.75 Å². The van der Waals surface area contributed by atoms with Crippen molar-refractivity contribution in [1.29, 1.82) is 0 Å². The summed E-state index contributed by atoms with van der Waals surface area (Å²) in [5.41, 5.74) is 6.18. The zero-order valence-electron chi connectivity index (χ0n) is 14.5. The van der Waals surface area contributed by atoms with Gasteiger partial charge < -0.3 is 20.4 Å². The van der Waals surface area contributed by atoms with E-state index in [9.17, 15) is 14.4 Å². The number of hydrogen-bond acceptors (Lipinski definition) is 4. The SMILES string of the molecule is CCOc1ccccc1NC(=O)Cn1c(C)cc(C)c(C(N)=O)c1=O. The molecule has 7 heteroatoms. The van der Waals surface area contributed by atoms with E-state index in [1.54, 1.807) is 44.2 Å². The van der Waals surface area contributed by atoms with Gasteiger partial charge in [-0.05, 0) is 44.5 Å². The third-order valence-electron chi connectivity index (χ3n) is 3.71. The van der Waals surface area contributed by atoms with E-state index in [2.05, 4.69) is 5.32 Å². The van der Waals surface area contributed by atoms with Crippen LogP contribution in [0.1, 0.15) is 28.5 Å². The van der Waals surface area contributed by atoms with Crippen LogP contribution >= 0.6 is 0 Å². The number of anilines is 1. The second kappa shape index (κ2) is 7.65. The molecule has 0 aliphatic heterocycles. The first-order chi connectivity index (χ1) is 11.8. The van der Waals surface area contributed by atoms with Crippen molar-refractivity contribution in [1.82, 2.24) is 4.57 Å². The highest BCUT2D eigenvalue weighted by Crippen LogP contribution is 2.23. The number of rotatable bonds is 6. The molecule has 0 unspecified atom stereocenters. The Hall–Kier alpha value is -3.09. The number of nitrogens with two attached hydrogens (primary N) is 1. The molecule has 25 heavy (non-hydrogen) atoms. The predicted octanol–water partition coefficient (Wildman–Crippen LogP) is 1.60. The van der Waals surface area contributed by atoms with Crippen LogP contribution in [0.25, 0.3) is 0 Å². The number of pyridine rings is 1. The molecule has 2 aromatic rings. The molecule has 0 saturated heterocycles. The van der Waals surface area contributed by atoms with Crippen LogP contribution < -0.4 is 21.3 Å². The lowest BCUT2D eigenvalue weighted by molar-refractivity contribution is -0.116. The molecule has 3 N–H and O–H groups in total. The maximum atomic E-state index is 12.5. The second-order valence-electron chi connectivity index (χ2n) is 5.58. The third-order valence-corrected chi connectivity index (χ3v) is 3.71. The highest BCUT2D eigenvalue weighted by atomic mass is 16.5. The number of aryl methyl sites for hydroxylation is 2. The van der Waals surface area contributed by atoms with Crippen molar-refractivity contribution in [2.75, 3.05) is 11.9 Å². The standard InChI is InChI=1S/C18H21N3O4/c1-4-25-14-8-6-5-7-13(14)20-15(22)10-21-12(3)9-11(2)16(17(19)23)18(21)24/h5-9H,4,10H2,1-3H3,(H2,19,23)(H,20,22). The molecular weight excluding hydrogens is 322 g/mol.